The summed E-state index contributed by atoms with van der Waals surface area (Å²) in [5, 5.41) is 6.12. The van der Waals surface area contributed by atoms with E-state index in [0.29, 0.717) is 6.54 Å². The number of rotatable bonds is 6. The molecule has 2 aliphatic rings. The van der Waals surface area contributed by atoms with Crippen LogP contribution in [0, 0.1) is 0 Å². The number of hydrogen-bond donors (Lipinski definition) is 2. The number of amides is 2. The number of carbonyl (C=O) groups excluding carboxylic acids is 1. The van der Waals surface area contributed by atoms with Crippen LogP contribution in [0.2, 0.25) is 0 Å². The maximum absolute atomic E-state index is 12.1. The molecule has 1 saturated carbocycles. The van der Waals surface area contributed by atoms with Crippen molar-refractivity contribution in [3.05, 3.63) is 29.8 Å². The second kappa shape index (κ2) is 8.56. The van der Waals surface area contributed by atoms with Crippen molar-refractivity contribution in [2.45, 2.75) is 63.0 Å². The fourth-order valence-corrected chi connectivity index (χ4v) is 4.04. The lowest BCUT2D eigenvalue weighted by molar-refractivity contribution is -0.0820. The van der Waals surface area contributed by atoms with Crippen LogP contribution in [0.5, 0.6) is 5.75 Å². The molecule has 2 fully saturated rings. The van der Waals surface area contributed by atoms with Crippen molar-refractivity contribution in [3.8, 4) is 5.75 Å². The zero-order chi connectivity index (χ0) is 17.5. The van der Waals surface area contributed by atoms with Gasteiger partial charge < -0.3 is 20.1 Å². The maximum Gasteiger partial charge on any atom is 0.315 e. The highest BCUT2D eigenvalue weighted by Gasteiger charge is 2.40. The average molecular weight is 346 g/mol. The Balaban J connectivity index is 1.33. The number of nitrogens with one attached hydrogen (secondary N) is 2. The Morgan fingerprint density at radius 1 is 1.28 bits per heavy atom. The van der Waals surface area contributed by atoms with Crippen molar-refractivity contribution in [1.29, 1.82) is 0 Å². The summed E-state index contributed by atoms with van der Waals surface area (Å²) >= 11 is 0. The van der Waals surface area contributed by atoms with Gasteiger partial charge in [-0.05, 0) is 56.2 Å². The summed E-state index contributed by atoms with van der Waals surface area (Å²) in [6.45, 7) is 1.45. The molecule has 1 spiro atoms. The summed E-state index contributed by atoms with van der Waals surface area (Å²) in [7, 11) is 1.67. The number of ether oxygens (including phenoxy) is 2. The van der Waals surface area contributed by atoms with Crippen LogP contribution in [-0.4, -0.2) is 37.9 Å². The number of urea groups is 1. The molecule has 5 heteroatoms. The van der Waals surface area contributed by atoms with Gasteiger partial charge in [-0.2, -0.15) is 0 Å². The van der Waals surface area contributed by atoms with E-state index in [4.69, 9.17) is 9.47 Å². The molecule has 1 aromatic rings. The van der Waals surface area contributed by atoms with E-state index in [1.165, 1.54) is 18.4 Å². The first-order valence-corrected chi connectivity index (χ1v) is 9.50. The number of aryl methyl sites for hydroxylation is 1. The van der Waals surface area contributed by atoms with Crippen molar-refractivity contribution in [2.75, 3.05) is 20.3 Å². The van der Waals surface area contributed by atoms with E-state index in [9.17, 15) is 4.79 Å². The van der Waals surface area contributed by atoms with E-state index in [0.717, 1.165) is 50.9 Å². The van der Waals surface area contributed by atoms with Gasteiger partial charge >= 0.3 is 6.03 Å². The Morgan fingerprint density at radius 2 is 2.04 bits per heavy atom. The fraction of sp³-hybridized carbons (Fsp3) is 0.650. The normalized spacial score (nSPS) is 21.9. The minimum atomic E-state index is -0.0465. The molecule has 1 heterocycles. The second-order valence-electron chi connectivity index (χ2n) is 7.28. The minimum Gasteiger partial charge on any atom is -0.497 e. The molecule has 25 heavy (non-hydrogen) atoms. The van der Waals surface area contributed by atoms with Gasteiger partial charge in [0.25, 0.3) is 0 Å². The Bertz CT molecular complexity index is 553. The molecule has 0 bridgehead atoms. The zero-order valence-electron chi connectivity index (χ0n) is 15.2. The molecule has 5 nitrogen and oxygen atoms in total. The summed E-state index contributed by atoms with van der Waals surface area (Å²) in [5.41, 5.74) is 1.31. The van der Waals surface area contributed by atoms with Crippen molar-refractivity contribution in [1.82, 2.24) is 10.6 Å². The Morgan fingerprint density at radius 3 is 2.76 bits per heavy atom. The molecule has 0 unspecified atom stereocenters. The summed E-state index contributed by atoms with van der Waals surface area (Å²) in [6.07, 6.45) is 8.56. The number of carbonyl (C=O) groups is 1. The third-order valence-corrected chi connectivity index (χ3v) is 5.43. The van der Waals surface area contributed by atoms with E-state index in [1.807, 2.05) is 12.1 Å². The molecule has 3 rings (SSSR count). The molecule has 1 saturated heterocycles. The first kappa shape index (κ1) is 18.1. The fourth-order valence-electron chi connectivity index (χ4n) is 4.04. The lowest BCUT2D eigenvalue weighted by Crippen LogP contribution is -2.50. The summed E-state index contributed by atoms with van der Waals surface area (Å²) in [5.74, 6) is 0.873. The number of hydrogen-bond acceptors (Lipinski definition) is 3. The highest BCUT2D eigenvalue weighted by atomic mass is 16.5. The first-order valence-electron chi connectivity index (χ1n) is 9.50. The zero-order valence-corrected chi connectivity index (χ0v) is 15.2. The smallest absolute Gasteiger partial charge is 0.315 e. The van der Waals surface area contributed by atoms with Crippen LogP contribution in [0.25, 0.3) is 0 Å². The van der Waals surface area contributed by atoms with Crippen molar-refractivity contribution < 1.29 is 14.3 Å². The van der Waals surface area contributed by atoms with Crippen molar-refractivity contribution in [3.63, 3.8) is 0 Å². The third kappa shape index (κ3) is 5.11. The topological polar surface area (TPSA) is 59.6 Å². The molecule has 1 aromatic carbocycles. The van der Waals surface area contributed by atoms with Crippen molar-refractivity contribution >= 4 is 6.03 Å². The van der Waals surface area contributed by atoms with Gasteiger partial charge in [0.05, 0.1) is 12.7 Å². The van der Waals surface area contributed by atoms with E-state index in [2.05, 4.69) is 22.8 Å². The highest BCUT2D eigenvalue weighted by Crippen LogP contribution is 2.39. The maximum atomic E-state index is 12.1. The van der Waals surface area contributed by atoms with Crippen LogP contribution < -0.4 is 15.4 Å². The van der Waals surface area contributed by atoms with Crippen LogP contribution in [0.15, 0.2) is 24.3 Å². The van der Waals surface area contributed by atoms with E-state index >= 15 is 0 Å². The Labute approximate surface area is 150 Å². The van der Waals surface area contributed by atoms with Gasteiger partial charge in [-0.1, -0.05) is 25.0 Å². The van der Waals surface area contributed by atoms with Crippen LogP contribution >= 0.6 is 0 Å². The van der Waals surface area contributed by atoms with Gasteiger partial charge in [-0.3, -0.25) is 0 Å². The number of methoxy groups -OCH3 is 1. The highest BCUT2D eigenvalue weighted by molar-refractivity contribution is 5.74. The molecule has 138 valence electrons. The monoisotopic (exact) mass is 346 g/mol. The molecule has 2 amide bonds. The van der Waals surface area contributed by atoms with Crippen LogP contribution in [0.3, 0.4) is 0 Å². The standard InChI is InChI=1S/C20H30N2O3/c1-24-18-8-6-16(7-9-18)5-4-13-21-19(23)22-17-10-14-25-20(15-17)11-2-3-12-20/h6-9,17H,2-5,10-15H2,1H3,(H2,21,22,23)/t17-/m1/s1. The van der Waals surface area contributed by atoms with Crippen LogP contribution in [0.1, 0.15) is 50.5 Å². The second-order valence-corrected chi connectivity index (χ2v) is 7.28. The predicted octanol–water partition coefficient (Wildman–Crippen LogP) is 3.42. The summed E-state index contributed by atoms with van der Waals surface area (Å²) in [4.78, 5) is 12.1. The summed E-state index contributed by atoms with van der Waals surface area (Å²) in [6, 6.07) is 8.28. The van der Waals surface area contributed by atoms with Gasteiger partial charge in [-0.25, -0.2) is 4.79 Å². The van der Waals surface area contributed by atoms with Gasteiger partial charge in [0.2, 0.25) is 0 Å². The quantitative estimate of drug-likeness (QED) is 0.776. The largest absolute Gasteiger partial charge is 0.497 e. The SMILES string of the molecule is COc1ccc(CCCNC(=O)N[C@@H]2CCOC3(CCCC3)C2)cc1. The lowest BCUT2D eigenvalue weighted by Gasteiger charge is -2.38. The lowest BCUT2D eigenvalue weighted by atomic mass is 9.89. The Hall–Kier alpha value is -1.75. The van der Waals surface area contributed by atoms with E-state index in [1.54, 1.807) is 7.11 Å². The Kier molecular flexibility index (Phi) is 6.19. The molecule has 0 aromatic heterocycles. The third-order valence-electron chi connectivity index (χ3n) is 5.43. The van der Waals surface area contributed by atoms with E-state index < -0.39 is 0 Å². The van der Waals surface area contributed by atoms with Crippen LogP contribution in [0.4, 0.5) is 4.79 Å². The van der Waals surface area contributed by atoms with Crippen LogP contribution in [-0.2, 0) is 11.2 Å². The molecule has 2 N–H and O–H groups in total. The molecular weight excluding hydrogens is 316 g/mol. The molecule has 1 aliphatic heterocycles. The van der Waals surface area contributed by atoms with Gasteiger partial charge in [0.1, 0.15) is 5.75 Å². The molecule has 0 radical (unpaired) electrons. The van der Waals surface area contributed by atoms with E-state index in [-0.39, 0.29) is 17.7 Å². The average Bonchev–Trinajstić information content (AvgIpc) is 3.07. The van der Waals surface area contributed by atoms with Crippen molar-refractivity contribution in [2.24, 2.45) is 0 Å². The van der Waals surface area contributed by atoms with Gasteiger partial charge in [0.15, 0.2) is 0 Å². The van der Waals surface area contributed by atoms with Gasteiger partial charge in [0, 0.05) is 19.2 Å². The number of benzene rings is 1. The first-order chi connectivity index (χ1) is 12.2. The predicted molar refractivity (Wildman–Crippen MR) is 98.0 cm³/mol. The molecule has 1 aliphatic carbocycles. The molecular formula is C20H30N2O3. The van der Waals surface area contributed by atoms with Gasteiger partial charge in [-0.15, -0.1) is 0 Å². The minimum absolute atomic E-state index is 0.0462. The molecule has 1 atom stereocenters. The summed E-state index contributed by atoms with van der Waals surface area (Å²) < 4.78 is 11.2.